The van der Waals surface area contributed by atoms with Gasteiger partial charge in [0.1, 0.15) is 0 Å². The Morgan fingerprint density at radius 2 is 1.68 bits per heavy atom. The summed E-state index contributed by atoms with van der Waals surface area (Å²) in [6, 6.07) is 3.95. The van der Waals surface area contributed by atoms with Gasteiger partial charge in [-0.1, -0.05) is 32.9 Å². The van der Waals surface area contributed by atoms with Gasteiger partial charge < -0.3 is 4.74 Å². The topological polar surface area (TPSA) is 55.4 Å². The van der Waals surface area contributed by atoms with Gasteiger partial charge in [0.2, 0.25) is 10.0 Å². The van der Waals surface area contributed by atoms with Crippen LogP contribution >= 0.6 is 0 Å². The monoisotopic (exact) mass is 327 g/mol. The second-order valence-corrected chi connectivity index (χ2v) is 8.34. The van der Waals surface area contributed by atoms with Gasteiger partial charge in [-0.15, -0.1) is 0 Å². The highest BCUT2D eigenvalue weighted by atomic mass is 32.2. The van der Waals surface area contributed by atoms with E-state index in [0.717, 1.165) is 16.7 Å². The molecule has 4 nitrogen and oxygen atoms in total. The smallest absolute Gasteiger partial charge is 0.241 e. The van der Waals surface area contributed by atoms with E-state index < -0.39 is 10.0 Å². The Morgan fingerprint density at radius 1 is 1.14 bits per heavy atom. The van der Waals surface area contributed by atoms with Gasteiger partial charge >= 0.3 is 0 Å². The minimum Gasteiger partial charge on any atom is -0.382 e. The summed E-state index contributed by atoms with van der Waals surface area (Å²) in [5, 5.41) is 0. The molecule has 0 fully saturated rings. The number of hydrogen-bond donors (Lipinski definition) is 1. The molecular formula is C17H29NO3S. The Bertz CT molecular complexity index is 578. The van der Waals surface area contributed by atoms with Crippen LogP contribution in [0.3, 0.4) is 0 Å². The molecule has 0 amide bonds. The van der Waals surface area contributed by atoms with Crippen molar-refractivity contribution in [1.29, 1.82) is 0 Å². The summed E-state index contributed by atoms with van der Waals surface area (Å²) < 4.78 is 32.9. The molecule has 0 aliphatic carbocycles. The molecule has 126 valence electrons. The fourth-order valence-corrected chi connectivity index (χ4v) is 3.93. The molecule has 1 aromatic carbocycles. The van der Waals surface area contributed by atoms with Gasteiger partial charge in [0.25, 0.3) is 0 Å². The number of benzene rings is 1. The zero-order valence-electron chi connectivity index (χ0n) is 14.6. The van der Waals surface area contributed by atoms with Crippen molar-refractivity contribution in [3.8, 4) is 0 Å². The van der Waals surface area contributed by atoms with E-state index in [-0.39, 0.29) is 5.41 Å². The molecule has 0 bridgehead atoms. The Morgan fingerprint density at radius 3 is 2.14 bits per heavy atom. The SMILES string of the molecule is CCOCCCNS(=O)(=O)c1c(C)cc(C(C)(C)C)cc1C. The third kappa shape index (κ3) is 5.07. The third-order valence-corrected chi connectivity index (χ3v) is 5.32. The van der Waals surface area contributed by atoms with Crippen LogP contribution in [0.15, 0.2) is 17.0 Å². The minimum absolute atomic E-state index is 0.00271. The van der Waals surface area contributed by atoms with Crippen LogP contribution in [0.1, 0.15) is 50.8 Å². The maximum Gasteiger partial charge on any atom is 0.241 e. The van der Waals surface area contributed by atoms with Gasteiger partial charge in [0.15, 0.2) is 0 Å². The molecular weight excluding hydrogens is 298 g/mol. The number of nitrogens with one attached hydrogen (secondary N) is 1. The van der Waals surface area contributed by atoms with Crippen LogP contribution in [0.5, 0.6) is 0 Å². The first-order valence-electron chi connectivity index (χ1n) is 7.78. The molecule has 1 aromatic rings. The van der Waals surface area contributed by atoms with Crippen molar-refractivity contribution in [1.82, 2.24) is 4.72 Å². The van der Waals surface area contributed by atoms with Crippen LogP contribution in [-0.4, -0.2) is 28.2 Å². The summed E-state index contributed by atoms with van der Waals surface area (Å²) in [6.07, 6.45) is 0.672. The highest BCUT2D eigenvalue weighted by Gasteiger charge is 2.22. The molecule has 0 unspecified atom stereocenters. The van der Waals surface area contributed by atoms with Gasteiger partial charge in [-0.05, 0) is 49.3 Å². The summed E-state index contributed by atoms with van der Waals surface area (Å²) >= 11 is 0. The highest BCUT2D eigenvalue weighted by Crippen LogP contribution is 2.29. The van der Waals surface area contributed by atoms with E-state index in [1.807, 2.05) is 32.9 Å². The van der Waals surface area contributed by atoms with Crippen molar-refractivity contribution < 1.29 is 13.2 Å². The summed E-state index contributed by atoms with van der Waals surface area (Å²) in [6.45, 7) is 13.6. The van der Waals surface area contributed by atoms with Gasteiger partial charge in [-0.25, -0.2) is 13.1 Å². The number of hydrogen-bond acceptors (Lipinski definition) is 3. The number of aryl methyl sites for hydroxylation is 2. The lowest BCUT2D eigenvalue weighted by Crippen LogP contribution is -2.27. The van der Waals surface area contributed by atoms with Crippen LogP contribution < -0.4 is 4.72 Å². The van der Waals surface area contributed by atoms with Crippen molar-refractivity contribution in [2.75, 3.05) is 19.8 Å². The fourth-order valence-electron chi connectivity index (χ4n) is 2.40. The fraction of sp³-hybridized carbons (Fsp3) is 0.647. The predicted octanol–water partition coefficient (Wildman–Crippen LogP) is 3.31. The molecule has 0 aliphatic rings. The zero-order chi connectivity index (χ0) is 17.0. The van der Waals surface area contributed by atoms with Crippen LogP contribution in [0, 0.1) is 13.8 Å². The van der Waals surface area contributed by atoms with E-state index in [9.17, 15) is 8.42 Å². The average Bonchev–Trinajstić information content (AvgIpc) is 2.36. The Hall–Kier alpha value is -0.910. The largest absolute Gasteiger partial charge is 0.382 e. The lowest BCUT2D eigenvalue weighted by molar-refractivity contribution is 0.146. The van der Waals surface area contributed by atoms with Crippen LogP contribution in [0.2, 0.25) is 0 Å². The standard InChI is InChI=1S/C17H29NO3S/c1-7-21-10-8-9-18-22(19,20)16-13(2)11-15(12-14(16)3)17(4,5)6/h11-12,18H,7-10H2,1-6H3. The molecule has 0 heterocycles. The first-order valence-corrected chi connectivity index (χ1v) is 9.27. The molecule has 5 heteroatoms. The Kier molecular flexibility index (Phi) is 6.59. The quantitative estimate of drug-likeness (QED) is 0.782. The van der Waals surface area contributed by atoms with Crippen LogP contribution in [0.25, 0.3) is 0 Å². The van der Waals surface area contributed by atoms with Crippen molar-refractivity contribution >= 4 is 10.0 Å². The van der Waals surface area contributed by atoms with Crippen molar-refractivity contribution in [3.05, 3.63) is 28.8 Å². The molecule has 0 aliphatic heterocycles. The van der Waals surface area contributed by atoms with E-state index in [2.05, 4.69) is 25.5 Å². The van der Waals surface area contributed by atoms with Crippen molar-refractivity contribution in [2.24, 2.45) is 0 Å². The first kappa shape index (κ1) is 19.1. The van der Waals surface area contributed by atoms with E-state index in [1.165, 1.54) is 0 Å². The van der Waals surface area contributed by atoms with E-state index in [1.54, 1.807) is 0 Å². The average molecular weight is 327 g/mol. The molecule has 0 saturated heterocycles. The molecule has 0 aromatic heterocycles. The maximum absolute atomic E-state index is 12.5. The molecule has 0 radical (unpaired) electrons. The minimum atomic E-state index is -3.48. The Balaban J connectivity index is 2.96. The lowest BCUT2D eigenvalue weighted by Gasteiger charge is -2.22. The number of rotatable bonds is 7. The zero-order valence-corrected chi connectivity index (χ0v) is 15.4. The highest BCUT2D eigenvalue weighted by molar-refractivity contribution is 7.89. The van der Waals surface area contributed by atoms with Crippen molar-refractivity contribution in [3.63, 3.8) is 0 Å². The summed E-state index contributed by atoms with van der Waals surface area (Å²) in [7, 11) is -3.48. The van der Waals surface area contributed by atoms with Gasteiger partial charge in [-0.2, -0.15) is 0 Å². The van der Waals surface area contributed by atoms with Crippen LogP contribution in [-0.2, 0) is 20.2 Å². The second kappa shape index (κ2) is 7.57. The lowest BCUT2D eigenvalue weighted by atomic mass is 9.85. The molecule has 1 N–H and O–H groups in total. The predicted molar refractivity (Wildman–Crippen MR) is 90.9 cm³/mol. The van der Waals surface area contributed by atoms with E-state index >= 15 is 0 Å². The molecule has 0 spiro atoms. The normalized spacial score (nSPS) is 12.6. The Labute approximate surface area is 135 Å². The molecule has 22 heavy (non-hydrogen) atoms. The van der Waals surface area contributed by atoms with E-state index in [0.29, 0.717) is 31.1 Å². The van der Waals surface area contributed by atoms with E-state index in [4.69, 9.17) is 4.74 Å². The van der Waals surface area contributed by atoms with Gasteiger partial charge in [-0.3, -0.25) is 0 Å². The number of ether oxygens (including phenoxy) is 1. The number of sulfonamides is 1. The summed E-state index contributed by atoms with van der Waals surface area (Å²) in [4.78, 5) is 0.400. The second-order valence-electron chi connectivity index (χ2n) is 6.64. The third-order valence-electron chi connectivity index (χ3n) is 3.56. The summed E-state index contributed by atoms with van der Waals surface area (Å²) in [5.41, 5.74) is 2.74. The summed E-state index contributed by atoms with van der Waals surface area (Å²) in [5.74, 6) is 0. The maximum atomic E-state index is 12.5. The van der Waals surface area contributed by atoms with Gasteiger partial charge in [0.05, 0.1) is 4.90 Å². The molecule has 0 atom stereocenters. The van der Waals surface area contributed by atoms with Gasteiger partial charge in [0, 0.05) is 19.8 Å². The first-order chi connectivity index (χ1) is 10.1. The van der Waals surface area contributed by atoms with Crippen LogP contribution in [0.4, 0.5) is 0 Å². The van der Waals surface area contributed by atoms with Crippen molar-refractivity contribution in [2.45, 2.75) is 58.3 Å². The molecule has 1 rings (SSSR count). The molecule has 0 saturated carbocycles.